The van der Waals surface area contributed by atoms with Gasteiger partial charge in [-0.2, -0.15) is 0 Å². The molecule has 6 nitrogen and oxygen atoms in total. The molecule has 3 amide bonds. The van der Waals surface area contributed by atoms with Gasteiger partial charge in [-0.3, -0.25) is 19.3 Å². The summed E-state index contributed by atoms with van der Waals surface area (Å²) in [6, 6.07) is 12.7. The van der Waals surface area contributed by atoms with Crippen LogP contribution in [-0.4, -0.2) is 28.7 Å². The molecular formula is C25H25BrClN3O3. The molecule has 0 spiro atoms. The van der Waals surface area contributed by atoms with Gasteiger partial charge in [0.1, 0.15) is 10.7 Å². The molecule has 1 aliphatic heterocycles. The second kappa shape index (κ2) is 10.1. The van der Waals surface area contributed by atoms with Gasteiger partial charge in [-0.1, -0.05) is 58.9 Å². The lowest BCUT2D eigenvalue weighted by Crippen LogP contribution is -2.43. The number of anilines is 1. The number of hydrogen-bond acceptors (Lipinski definition) is 4. The topological polar surface area (TPSA) is 78.5 Å². The molecule has 33 heavy (non-hydrogen) atoms. The first kappa shape index (κ1) is 23.5. The van der Waals surface area contributed by atoms with E-state index in [1.54, 1.807) is 12.1 Å². The minimum absolute atomic E-state index is 0.0496. The molecule has 172 valence electrons. The molecule has 2 N–H and O–H groups in total. The molecule has 2 aliphatic rings. The molecule has 0 aromatic heterocycles. The molecule has 8 heteroatoms. The highest BCUT2D eigenvalue weighted by molar-refractivity contribution is 9.10. The number of carbonyl (C=O) groups excluding carboxylic acids is 3. The number of nitrogens with one attached hydrogen (secondary N) is 2. The minimum Gasteiger partial charge on any atom is -0.375 e. The van der Waals surface area contributed by atoms with Crippen LogP contribution < -0.4 is 10.6 Å². The molecule has 0 saturated heterocycles. The molecule has 1 fully saturated rings. The molecule has 0 bridgehead atoms. The van der Waals surface area contributed by atoms with E-state index in [9.17, 15) is 14.4 Å². The van der Waals surface area contributed by atoms with Crippen LogP contribution >= 0.6 is 27.5 Å². The fourth-order valence-corrected chi connectivity index (χ4v) is 4.98. The second-order valence-corrected chi connectivity index (χ2v) is 9.72. The first-order valence-electron chi connectivity index (χ1n) is 11.0. The van der Waals surface area contributed by atoms with E-state index >= 15 is 0 Å². The van der Waals surface area contributed by atoms with Crippen LogP contribution in [0.4, 0.5) is 5.69 Å². The number of imide groups is 1. The van der Waals surface area contributed by atoms with E-state index in [2.05, 4.69) is 26.6 Å². The maximum absolute atomic E-state index is 12.9. The van der Waals surface area contributed by atoms with Gasteiger partial charge < -0.3 is 10.6 Å². The standard InChI is InChI=1S/C25H25BrClN3O3/c1-15-13-18(26)11-12-20(15)29-23(31)17-9-7-16(8-10-17)14-28-22-21(27)24(32)30(25(22)33)19-5-3-2-4-6-19/h7-13,19,28H,2-6,14H2,1H3,(H,29,31). The van der Waals surface area contributed by atoms with Crippen molar-refractivity contribution in [2.45, 2.75) is 51.6 Å². The number of hydrogen-bond donors (Lipinski definition) is 2. The van der Waals surface area contributed by atoms with E-state index in [1.165, 1.54) is 4.90 Å². The predicted molar refractivity (Wildman–Crippen MR) is 132 cm³/mol. The summed E-state index contributed by atoms with van der Waals surface area (Å²) in [5, 5.41) is 5.89. The van der Waals surface area contributed by atoms with E-state index in [1.807, 2.05) is 37.3 Å². The van der Waals surface area contributed by atoms with Gasteiger partial charge in [0.2, 0.25) is 0 Å². The SMILES string of the molecule is Cc1cc(Br)ccc1NC(=O)c1ccc(CNC2=C(Cl)C(=O)N(C3CCCCC3)C2=O)cc1. The quantitative estimate of drug-likeness (QED) is 0.500. The lowest BCUT2D eigenvalue weighted by molar-refractivity contribution is -0.140. The smallest absolute Gasteiger partial charge is 0.278 e. The average molecular weight is 531 g/mol. The van der Waals surface area contributed by atoms with Crippen molar-refractivity contribution in [2.24, 2.45) is 0 Å². The Morgan fingerprint density at radius 2 is 1.76 bits per heavy atom. The van der Waals surface area contributed by atoms with Crippen LogP contribution in [0.1, 0.15) is 53.6 Å². The number of aryl methyl sites for hydroxylation is 1. The van der Waals surface area contributed by atoms with Crippen molar-refractivity contribution in [3.8, 4) is 0 Å². The summed E-state index contributed by atoms with van der Waals surface area (Å²) in [7, 11) is 0. The van der Waals surface area contributed by atoms with Crippen molar-refractivity contribution in [3.05, 3.63) is 74.4 Å². The van der Waals surface area contributed by atoms with Gasteiger partial charge >= 0.3 is 0 Å². The summed E-state index contributed by atoms with van der Waals surface area (Å²) in [4.78, 5) is 39.3. The molecule has 0 unspecified atom stereocenters. The fourth-order valence-electron chi connectivity index (χ4n) is 4.27. The Hall–Kier alpha value is -2.64. The van der Waals surface area contributed by atoms with Gasteiger partial charge in [0.25, 0.3) is 17.7 Å². The Balaban J connectivity index is 1.37. The fraction of sp³-hybridized carbons (Fsp3) is 0.320. The lowest BCUT2D eigenvalue weighted by atomic mass is 9.94. The van der Waals surface area contributed by atoms with Crippen LogP contribution in [0.3, 0.4) is 0 Å². The zero-order valence-corrected chi connectivity index (χ0v) is 20.6. The molecule has 1 heterocycles. The molecule has 1 saturated carbocycles. The third-order valence-electron chi connectivity index (χ3n) is 6.12. The van der Waals surface area contributed by atoms with Gasteiger partial charge in [0.05, 0.1) is 0 Å². The Morgan fingerprint density at radius 3 is 2.42 bits per heavy atom. The Morgan fingerprint density at radius 1 is 1.06 bits per heavy atom. The van der Waals surface area contributed by atoms with Gasteiger partial charge in [0, 0.05) is 28.3 Å². The highest BCUT2D eigenvalue weighted by Gasteiger charge is 2.41. The van der Waals surface area contributed by atoms with Gasteiger partial charge in [-0.05, 0) is 61.2 Å². The van der Waals surface area contributed by atoms with Gasteiger partial charge in [-0.15, -0.1) is 0 Å². The zero-order chi connectivity index (χ0) is 23.5. The number of halogens is 2. The lowest BCUT2D eigenvalue weighted by Gasteiger charge is -2.29. The Bertz CT molecular complexity index is 1120. The maximum Gasteiger partial charge on any atom is 0.278 e. The van der Waals surface area contributed by atoms with Crippen LogP contribution in [0.15, 0.2) is 57.7 Å². The van der Waals surface area contributed by atoms with Crippen molar-refractivity contribution in [1.82, 2.24) is 10.2 Å². The summed E-state index contributed by atoms with van der Waals surface area (Å²) in [5.74, 6) is -0.963. The second-order valence-electron chi connectivity index (χ2n) is 8.42. The Labute approximate surface area is 206 Å². The summed E-state index contributed by atoms with van der Waals surface area (Å²) in [6.07, 6.45) is 4.83. The monoisotopic (exact) mass is 529 g/mol. The van der Waals surface area contributed by atoms with Crippen molar-refractivity contribution in [1.29, 1.82) is 0 Å². The normalized spacial score (nSPS) is 17.0. The van der Waals surface area contributed by atoms with E-state index in [0.29, 0.717) is 12.1 Å². The van der Waals surface area contributed by atoms with Gasteiger partial charge in [0.15, 0.2) is 0 Å². The van der Waals surface area contributed by atoms with Crippen molar-refractivity contribution < 1.29 is 14.4 Å². The Kier molecular flexibility index (Phi) is 7.20. The van der Waals surface area contributed by atoms with Crippen LogP contribution in [0, 0.1) is 6.92 Å². The minimum atomic E-state index is -0.411. The number of amides is 3. The number of benzene rings is 2. The van der Waals surface area contributed by atoms with Crippen molar-refractivity contribution in [3.63, 3.8) is 0 Å². The number of carbonyl (C=O) groups is 3. The summed E-state index contributed by atoms with van der Waals surface area (Å²) in [5.41, 5.74) is 3.25. The van der Waals surface area contributed by atoms with Crippen LogP contribution in [0.25, 0.3) is 0 Å². The van der Waals surface area contributed by atoms with E-state index in [0.717, 1.165) is 53.4 Å². The zero-order valence-electron chi connectivity index (χ0n) is 18.3. The molecule has 0 radical (unpaired) electrons. The first-order chi connectivity index (χ1) is 15.8. The van der Waals surface area contributed by atoms with E-state index in [4.69, 9.17) is 11.6 Å². The van der Waals surface area contributed by atoms with Crippen molar-refractivity contribution >= 4 is 50.9 Å². The van der Waals surface area contributed by atoms with Crippen molar-refractivity contribution in [2.75, 3.05) is 5.32 Å². The summed E-state index contributed by atoms with van der Waals surface area (Å²) >= 11 is 9.64. The number of nitrogens with zero attached hydrogens (tertiary/aromatic N) is 1. The molecule has 0 atom stereocenters. The summed E-state index contributed by atoms with van der Waals surface area (Å²) in [6.45, 7) is 2.25. The van der Waals surface area contributed by atoms with Crippen LogP contribution in [-0.2, 0) is 16.1 Å². The molecule has 1 aliphatic carbocycles. The van der Waals surface area contributed by atoms with Crippen LogP contribution in [0.5, 0.6) is 0 Å². The predicted octanol–water partition coefficient (Wildman–Crippen LogP) is 5.25. The highest BCUT2D eigenvalue weighted by Crippen LogP contribution is 2.31. The average Bonchev–Trinajstić information content (AvgIpc) is 3.03. The molecule has 2 aromatic rings. The van der Waals surface area contributed by atoms with E-state index < -0.39 is 5.91 Å². The molecule has 4 rings (SSSR count). The van der Waals surface area contributed by atoms with E-state index in [-0.39, 0.29) is 28.6 Å². The summed E-state index contributed by atoms with van der Waals surface area (Å²) < 4.78 is 0.953. The first-order valence-corrected chi connectivity index (χ1v) is 12.2. The van der Waals surface area contributed by atoms with Crippen LogP contribution in [0.2, 0.25) is 0 Å². The molecule has 2 aromatic carbocycles. The largest absolute Gasteiger partial charge is 0.375 e. The van der Waals surface area contributed by atoms with Gasteiger partial charge in [-0.25, -0.2) is 0 Å². The highest BCUT2D eigenvalue weighted by atomic mass is 79.9. The number of rotatable bonds is 6. The molecular weight excluding hydrogens is 506 g/mol. The third kappa shape index (κ3) is 5.14. The maximum atomic E-state index is 12.9. The third-order valence-corrected chi connectivity index (χ3v) is 6.96.